The van der Waals surface area contributed by atoms with Crippen molar-refractivity contribution in [2.45, 2.75) is 0 Å². The van der Waals surface area contributed by atoms with Gasteiger partial charge in [-0.15, -0.1) is 0 Å². The Hall–Kier alpha value is -2.49. The third-order valence-corrected chi connectivity index (χ3v) is 2.57. The molecule has 2 aromatic carbocycles. The fourth-order valence-electron chi connectivity index (χ4n) is 1.68. The molecule has 0 unspecified atom stereocenters. The average molecular weight is 241 g/mol. The summed E-state index contributed by atoms with van der Waals surface area (Å²) in [5, 5.41) is 10.8. The summed E-state index contributed by atoms with van der Waals surface area (Å²) in [6.07, 6.45) is 0. The Labute approximate surface area is 106 Å². The number of amidine groups is 1. The lowest BCUT2D eigenvalue weighted by Crippen LogP contribution is -2.13. The molecule has 0 radical (unpaired) electrons. The Morgan fingerprint density at radius 1 is 1.17 bits per heavy atom. The number of anilines is 2. The largest absolute Gasteiger partial charge is 0.497 e. The Balaban J connectivity index is 2.31. The van der Waals surface area contributed by atoms with Gasteiger partial charge in [0.2, 0.25) is 0 Å². The van der Waals surface area contributed by atoms with Crippen molar-refractivity contribution >= 4 is 17.2 Å². The SMILES string of the molecule is COc1cccc(Nc2ccccc2C(=N)N)c1. The number of nitrogen functional groups attached to an aromatic ring is 1. The number of methoxy groups -OCH3 is 1. The minimum atomic E-state index is 0.0426. The first kappa shape index (κ1) is 12.0. The molecule has 0 atom stereocenters. The van der Waals surface area contributed by atoms with E-state index in [1.807, 2.05) is 48.5 Å². The van der Waals surface area contributed by atoms with E-state index >= 15 is 0 Å². The second-order valence-electron chi connectivity index (χ2n) is 3.82. The lowest BCUT2D eigenvalue weighted by atomic mass is 10.1. The fourth-order valence-corrected chi connectivity index (χ4v) is 1.68. The zero-order chi connectivity index (χ0) is 13.0. The number of nitrogens with two attached hydrogens (primary N) is 1. The normalized spacial score (nSPS) is 9.83. The van der Waals surface area contributed by atoms with Crippen LogP contribution in [0.15, 0.2) is 48.5 Å². The van der Waals surface area contributed by atoms with Crippen molar-refractivity contribution in [1.29, 1.82) is 5.41 Å². The molecule has 0 fully saturated rings. The van der Waals surface area contributed by atoms with Crippen molar-refractivity contribution in [2.24, 2.45) is 5.73 Å². The van der Waals surface area contributed by atoms with Gasteiger partial charge >= 0.3 is 0 Å². The highest BCUT2D eigenvalue weighted by atomic mass is 16.5. The molecule has 2 rings (SSSR count). The van der Waals surface area contributed by atoms with E-state index in [1.165, 1.54) is 0 Å². The molecular formula is C14H15N3O. The van der Waals surface area contributed by atoms with E-state index in [9.17, 15) is 0 Å². The summed E-state index contributed by atoms with van der Waals surface area (Å²) in [5.74, 6) is 0.821. The van der Waals surface area contributed by atoms with Gasteiger partial charge in [0.25, 0.3) is 0 Å². The lowest BCUT2D eigenvalue weighted by molar-refractivity contribution is 0.415. The molecule has 4 heteroatoms. The zero-order valence-corrected chi connectivity index (χ0v) is 10.1. The van der Waals surface area contributed by atoms with E-state index < -0.39 is 0 Å². The van der Waals surface area contributed by atoms with Crippen molar-refractivity contribution in [3.63, 3.8) is 0 Å². The van der Waals surface area contributed by atoms with E-state index in [2.05, 4.69) is 5.32 Å². The van der Waals surface area contributed by atoms with E-state index in [0.717, 1.165) is 17.1 Å². The summed E-state index contributed by atoms with van der Waals surface area (Å²) in [4.78, 5) is 0. The summed E-state index contributed by atoms with van der Waals surface area (Å²) in [7, 11) is 1.63. The minimum absolute atomic E-state index is 0.0426. The van der Waals surface area contributed by atoms with Crippen LogP contribution in [0.4, 0.5) is 11.4 Å². The maximum absolute atomic E-state index is 7.53. The first-order valence-corrected chi connectivity index (χ1v) is 5.55. The highest BCUT2D eigenvalue weighted by molar-refractivity contribution is 6.00. The first-order valence-electron chi connectivity index (χ1n) is 5.55. The van der Waals surface area contributed by atoms with Gasteiger partial charge in [0.1, 0.15) is 11.6 Å². The lowest BCUT2D eigenvalue weighted by Gasteiger charge is -2.11. The second-order valence-corrected chi connectivity index (χ2v) is 3.82. The number of rotatable bonds is 4. The van der Waals surface area contributed by atoms with Gasteiger partial charge in [0.15, 0.2) is 0 Å². The molecule has 0 aromatic heterocycles. The number of ether oxygens (including phenoxy) is 1. The summed E-state index contributed by atoms with van der Waals surface area (Å²) in [6, 6.07) is 15.0. The van der Waals surface area contributed by atoms with Gasteiger partial charge in [-0.05, 0) is 24.3 Å². The van der Waals surface area contributed by atoms with Crippen LogP contribution in [-0.2, 0) is 0 Å². The van der Waals surface area contributed by atoms with E-state index in [0.29, 0.717) is 5.56 Å². The molecule has 2 aromatic rings. The third kappa shape index (κ3) is 2.60. The van der Waals surface area contributed by atoms with Crippen LogP contribution in [0.1, 0.15) is 5.56 Å². The summed E-state index contributed by atoms with van der Waals surface area (Å²) >= 11 is 0. The molecule has 4 N–H and O–H groups in total. The van der Waals surface area contributed by atoms with Gasteiger partial charge < -0.3 is 15.8 Å². The quantitative estimate of drug-likeness (QED) is 0.569. The number of para-hydroxylation sites is 1. The highest BCUT2D eigenvalue weighted by Gasteiger charge is 2.04. The van der Waals surface area contributed by atoms with Gasteiger partial charge in [-0.3, -0.25) is 5.41 Å². The van der Waals surface area contributed by atoms with Crippen LogP contribution in [0.2, 0.25) is 0 Å². The van der Waals surface area contributed by atoms with Crippen LogP contribution in [0, 0.1) is 5.41 Å². The summed E-state index contributed by atoms with van der Waals surface area (Å²) < 4.78 is 5.16. The fraction of sp³-hybridized carbons (Fsp3) is 0.0714. The van der Waals surface area contributed by atoms with Gasteiger partial charge in [-0.25, -0.2) is 0 Å². The number of hydrogen-bond acceptors (Lipinski definition) is 3. The van der Waals surface area contributed by atoms with Gasteiger partial charge in [-0.1, -0.05) is 18.2 Å². The van der Waals surface area contributed by atoms with E-state index in [-0.39, 0.29) is 5.84 Å². The Morgan fingerprint density at radius 2 is 1.94 bits per heavy atom. The standard InChI is InChI=1S/C14H15N3O/c1-18-11-6-4-5-10(9-11)17-13-8-3-2-7-12(13)14(15)16/h2-9,17H,1H3,(H3,15,16). The highest BCUT2D eigenvalue weighted by Crippen LogP contribution is 2.23. The number of benzene rings is 2. The predicted molar refractivity (Wildman–Crippen MR) is 73.7 cm³/mol. The van der Waals surface area contributed by atoms with Crippen LogP contribution < -0.4 is 15.8 Å². The van der Waals surface area contributed by atoms with Crippen LogP contribution in [0.25, 0.3) is 0 Å². The molecule has 0 amide bonds. The number of hydrogen-bond donors (Lipinski definition) is 3. The average Bonchev–Trinajstić information content (AvgIpc) is 2.39. The zero-order valence-electron chi connectivity index (χ0n) is 10.1. The molecule has 0 aliphatic carbocycles. The number of nitrogens with one attached hydrogen (secondary N) is 2. The maximum Gasteiger partial charge on any atom is 0.124 e. The summed E-state index contributed by atoms with van der Waals surface area (Å²) in [6.45, 7) is 0. The molecular weight excluding hydrogens is 226 g/mol. The molecule has 0 saturated heterocycles. The molecule has 4 nitrogen and oxygen atoms in total. The van der Waals surface area contributed by atoms with Gasteiger partial charge in [-0.2, -0.15) is 0 Å². The van der Waals surface area contributed by atoms with Crippen LogP contribution >= 0.6 is 0 Å². The Kier molecular flexibility index (Phi) is 3.48. The molecule has 0 aliphatic rings. The molecule has 0 spiro atoms. The van der Waals surface area contributed by atoms with Crippen molar-refractivity contribution in [2.75, 3.05) is 12.4 Å². The van der Waals surface area contributed by atoms with Crippen LogP contribution in [0.3, 0.4) is 0 Å². The van der Waals surface area contributed by atoms with E-state index in [4.69, 9.17) is 15.9 Å². The maximum atomic E-state index is 7.53. The molecule has 92 valence electrons. The van der Waals surface area contributed by atoms with Crippen molar-refractivity contribution in [3.05, 3.63) is 54.1 Å². The summed E-state index contributed by atoms with van der Waals surface area (Å²) in [5.41, 5.74) is 7.92. The van der Waals surface area contributed by atoms with Crippen molar-refractivity contribution < 1.29 is 4.74 Å². The first-order chi connectivity index (χ1) is 8.70. The molecule has 0 saturated carbocycles. The monoisotopic (exact) mass is 241 g/mol. The van der Waals surface area contributed by atoms with Crippen LogP contribution in [0.5, 0.6) is 5.75 Å². The molecule has 18 heavy (non-hydrogen) atoms. The topological polar surface area (TPSA) is 71.1 Å². The second kappa shape index (κ2) is 5.23. The third-order valence-electron chi connectivity index (χ3n) is 2.57. The Bertz CT molecular complexity index is 566. The molecule has 0 bridgehead atoms. The van der Waals surface area contributed by atoms with E-state index in [1.54, 1.807) is 7.11 Å². The predicted octanol–water partition coefficient (Wildman–Crippen LogP) is 2.72. The smallest absolute Gasteiger partial charge is 0.124 e. The minimum Gasteiger partial charge on any atom is -0.497 e. The van der Waals surface area contributed by atoms with Crippen molar-refractivity contribution in [1.82, 2.24) is 0 Å². The van der Waals surface area contributed by atoms with Gasteiger partial charge in [0.05, 0.1) is 7.11 Å². The molecule has 0 aliphatic heterocycles. The Morgan fingerprint density at radius 3 is 2.67 bits per heavy atom. The van der Waals surface area contributed by atoms with Crippen LogP contribution in [-0.4, -0.2) is 12.9 Å². The molecule has 0 heterocycles. The van der Waals surface area contributed by atoms with Crippen molar-refractivity contribution in [3.8, 4) is 5.75 Å². The van der Waals surface area contributed by atoms with Gasteiger partial charge in [0, 0.05) is 23.0 Å².